The van der Waals surface area contributed by atoms with E-state index >= 15 is 0 Å². The second-order valence-electron chi connectivity index (χ2n) is 20.6. The number of aryl methyl sites for hydroxylation is 4. The first-order chi connectivity index (χ1) is 37.7. The Kier molecular flexibility index (Phi) is 10.5. The molecule has 76 heavy (non-hydrogen) atoms. The average Bonchev–Trinajstić information content (AvgIpc) is 3.84. The van der Waals surface area contributed by atoms with Gasteiger partial charge in [-0.1, -0.05) is 218 Å². The van der Waals surface area contributed by atoms with Crippen LogP contribution in [0.3, 0.4) is 0 Å². The van der Waals surface area contributed by atoms with E-state index in [4.69, 9.17) is 0 Å². The van der Waals surface area contributed by atoms with Gasteiger partial charge in [-0.2, -0.15) is 0 Å². The van der Waals surface area contributed by atoms with Crippen LogP contribution < -0.4 is 9.80 Å². The first-order valence-corrected chi connectivity index (χ1v) is 26.8. The molecule has 2 aliphatic heterocycles. The van der Waals surface area contributed by atoms with Crippen molar-refractivity contribution in [2.24, 2.45) is 0 Å². The maximum atomic E-state index is 2.52. The molecule has 358 valence electrons. The summed E-state index contributed by atoms with van der Waals surface area (Å²) in [5.41, 5.74) is 22.4. The van der Waals surface area contributed by atoms with Gasteiger partial charge in [-0.3, -0.25) is 0 Å². The number of nitrogens with zero attached hydrogens (tertiary/aromatic N) is 2. The molecule has 13 aromatic rings. The van der Waals surface area contributed by atoms with Gasteiger partial charge in [0.15, 0.2) is 0 Å². The molecule has 0 saturated heterocycles. The number of benzene rings is 13. The summed E-state index contributed by atoms with van der Waals surface area (Å²) in [4.78, 5) is 5.04. The van der Waals surface area contributed by atoms with Gasteiger partial charge in [0.1, 0.15) is 0 Å². The Labute approximate surface area is 444 Å². The third kappa shape index (κ3) is 7.32. The van der Waals surface area contributed by atoms with Crippen LogP contribution in [-0.2, 0) is 25.7 Å². The minimum Gasteiger partial charge on any atom is -0.310 e. The monoisotopic (exact) mass is 968 g/mol. The molecule has 0 saturated carbocycles. The van der Waals surface area contributed by atoms with E-state index in [-0.39, 0.29) is 0 Å². The molecule has 0 fully saturated rings. The van der Waals surface area contributed by atoms with Gasteiger partial charge >= 0.3 is 0 Å². The zero-order valence-electron chi connectivity index (χ0n) is 42.1. The number of rotatable bonds is 6. The molecule has 0 N–H and O–H groups in total. The van der Waals surface area contributed by atoms with Gasteiger partial charge in [0.25, 0.3) is 0 Å². The zero-order valence-corrected chi connectivity index (χ0v) is 42.1. The Morgan fingerprint density at radius 2 is 0.539 bits per heavy atom. The van der Waals surface area contributed by atoms with E-state index in [9.17, 15) is 0 Å². The quantitative estimate of drug-likeness (QED) is 0.153. The second kappa shape index (κ2) is 18.2. The molecule has 0 aliphatic carbocycles. The molecule has 2 nitrogen and oxygen atoms in total. The molecule has 0 atom stereocenters. The van der Waals surface area contributed by atoms with Gasteiger partial charge in [-0.05, 0) is 184 Å². The van der Waals surface area contributed by atoms with Crippen molar-refractivity contribution in [1.82, 2.24) is 0 Å². The summed E-state index contributed by atoms with van der Waals surface area (Å²) in [5, 5.41) is 9.88. The predicted octanol–water partition coefficient (Wildman–Crippen LogP) is 20.1. The maximum absolute atomic E-state index is 2.52. The maximum Gasteiger partial charge on any atom is 0.0493 e. The van der Waals surface area contributed by atoms with E-state index in [1.807, 2.05) is 0 Å². The average molecular weight is 969 g/mol. The van der Waals surface area contributed by atoms with Crippen molar-refractivity contribution < 1.29 is 0 Å². The number of fused-ring (bicyclic) bond motifs is 8. The Balaban J connectivity index is 1.02. The standard InChI is InChI=1S/C74H52N2/c1-7-23-61-49(15-1)21-13-25-63(61)51-31-39-57(40-32-51)73-65-45-43-60(76-71-29-11-5-19-55(71)37-38-56-20-6-12-30-72(56)76)48-68(65)74(58-41-33-52(34-42-58)64-26-14-22-50-16-2-8-24-62(50)64)66-46-44-59(47-67(66)73)75-69-27-9-3-17-53(69)35-36-54-18-4-10-28-70(54)75/h1-34,39-48H,35-38H2. The van der Waals surface area contributed by atoms with Crippen molar-refractivity contribution in [2.75, 3.05) is 9.80 Å². The van der Waals surface area contributed by atoms with Crippen LogP contribution >= 0.6 is 0 Å². The fourth-order valence-electron chi connectivity index (χ4n) is 12.8. The van der Waals surface area contributed by atoms with E-state index < -0.39 is 0 Å². The summed E-state index contributed by atoms with van der Waals surface area (Å²) in [6, 6.07) is 100. The molecule has 15 rings (SSSR count). The van der Waals surface area contributed by atoms with E-state index in [1.165, 1.54) is 133 Å². The third-order valence-corrected chi connectivity index (χ3v) is 16.4. The highest BCUT2D eigenvalue weighted by Gasteiger charge is 2.27. The molecule has 13 aromatic carbocycles. The first kappa shape index (κ1) is 44.0. The summed E-state index contributed by atoms with van der Waals surface area (Å²) in [7, 11) is 0. The molecule has 0 unspecified atom stereocenters. The van der Waals surface area contributed by atoms with Crippen LogP contribution in [0, 0.1) is 0 Å². The van der Waals surface area contributed by atoms with E-state index in [1.54, 1.807) is 0 Å². The van der Waals surface area contributed by atoms with Gasteiger partial charge in [-0.15, -0.1) is 0 Å². The Bertz CT molecular complexity index is 4020. The number of anilines is 6. The van der Waals surface area contributed by atoms with Crippen molar-refractivity contribution in [1.29, 1.82) is 0 Å². The van der Waals surface area contributed by atoms with Crippen molar-refractivity contribution in [3.05, 3.63) is 289 Å². The van der Waals surface area contributed by atoms with Crippen molar-refractivity contribution >= 4 is 77.2 Å². The molecule has 0 amide bonds. The molecular formula is C74H52N2. The highest BCUT2D eigenvalue weighted by molar-refractivity contribution is 6.23. The molecular weight excluding hydrogens is 917 g/mol. The zero-order chi connectivity index (χ0) is 50.1. The highest BCUT2D eigenvalue weighted by Crippen LogP contribution is 2.51. The van der Waals surface area contributed by atoms with Gasteiger partial charge in [-0.25, -0.2) is 0 Å². The van der Waals surface area contributed by atoms with Crippen LogP contribution in [0.2, 0.25) is 0 Å². The molecule has 0 spiro atoms. The minimum atomic E-state index is 0.990. The largest absolute Gasteiger partial charge is 0.310 e. The van der Waals surface area contributed by atoms with E-state index in [0.717, 1.165) is 37.1 Å². The topological polar surface area (TPSA) is 6.48 Å². The molecule has 0 bridgehead atoms. The van der Waals surface area contributed by atoms with E-state index in [2.05, 4.69) is 277 Å². The van der Waals surface area contributed by atoms with Gasteiger partial charge in [0.2, 0.25) is 0 Å². The Morgan fingerprint density at radius 3 is 0.921 bits per heavy atom. The van der Waals surface area contributed by atoms with Crippen LogP contribution in [-0.4, -0.2) is 0 Å². The second-order valence-corrected chi connectivity index (χ2v) is 20.6. The number of hydrogen-bond acceptors (Lipinski definition) is 2. The normalized spacial score (nSPS) is 13.0. The van der Waals surface area contributed by atoms with Crippen molar-refractivity contribution in [3.63, 3.8) is 0 Å². The van der Waals surface area contributed by atoms with E-state index in [0.29, 0.717) is 0 Å². The Morgan fingerprint density at radius 1 is 0.224 bits per heavy atom. The van der Waals surface area contributed by atoms with Crippen LogP contribution in [0.5, 0.6) is 0 Å². The van der Waals surface area contributed by atoms with Crippen molar-refractivity contribution in [3.8, 4) is 44.5 Å². The van der Waals surface area contributed by atoms with Crippen LogP contribution in [0.1, 0.15) is 22.3 Å². The summed E-state index contributed by atoms with van der Waals surface area (Å²) in [6.45, 7) is 0. The molecule has 2 heteroatoms. The van der Waals surface area contributed by atoms with Crippen molar-refractivity contribution in [2.45, 2.75) is 25.7 Å². The number of para-hydroxylation sites is 4. The summed E-state index contributed by atoms with van der Waals surface area (Å²) < 4.78 is 0. The number of hydrogen-bond donors (Lipinski definition) is 0. The molecule has 0 aromatic heterocycles. The minimum absolute atomic E-state index is 0.990. The van der Waals surface area contributed by atoms with Crippen LogP contribution in [0.4, 0.5) is 34.1 Å². The van der Waals surface area contributed by atoms with Gasteiger partial charge in [0, 0.05) is 34.1 Å². The van der Waals surface area contributed by atoms with Gasteiger partial charge in [0.05, 0.1) is 0 Å². The predicted molar refractivity (Wildman–Crippen MR) is 322 cm³/mol. The third-order valence-electron chi connectivity index (χ3n) is 16.4. The Hall–Kier alpha value is -9.50. The fourth-order valence-corrected chi connectivity index (χ4v) is 12.8. The highest BCUT2D eigenvalue weighted by atomic mass is 15.2. The lowest BCUT2D eigenvalue weighted by molar-refractivity contribution is 0.977. The lowest BCUT2D eigenvalue weighted by Gasteiger charge is -2.29. The summed E-state index contributed by atoms with van der Waals surface area (Å²) in [6.07, 6.45) is 3.96. The lowest BCUT2D eigenvalue weighted by atomic mass is 9.84. The smallest absolute Gasteiger partial charge is 0.0493 e. The van der Waals surface area contributed by atoms with Crippen LogP contribution in [0.15, 0.2) is 267 Å². The summed E-state index contributed by atoms with van der Waals surface area (Å²) in [5.74, 6) is 0. The molecule has 0 radical (unpaired) electrons. The SMILES string of the molecule is c1ccc2c(c1)CCc1ccccc1N2c1ccc2c(-c3ccc(-c4cccc5ccccc45)cc3)c3cc(N4c5ccccc5CCc5ccccc54)ccc3c(-c3ccc(-c4cccc5ccccc45)cc3)c2c1. The molecule has 2 aliphatic rings. The fraction of sp³-hybridized carbons (Fsp3) is 0.0541. The van der Waals surface area contributed by atoms with Crippen LogP contribution in [0.25, 0.3) is 87.6 Å². The first-order valence-electron chi connectivity index (χ1n) is 26.8. The molecule has 2 heterocycles. The van der Waals surface area contributed by atoms with Gasteiger partial charge < -0.3 is 9.80 Å². The summed E-state index contributed by atoms with van der Waals surface area (Å²) >= 11 is 0. The lowest BCUT2D eigenvalue weighted by Crippen LogP contribution is -2.12.